The summed E-state index contributed by atoms with van der Waals surface area (Å²) in [4.78, 5) is 28.7. The highest BCUT2D eigenvalue weighted by atomic mass is 19.4. The van der Waals surface area contributed by atoms with E-state index in [1.807, 2.05) is 36.4 Å². The van der Waals surface area contributed by atoms with Crippen molar-refractivity contribution in [3.8, 4) is 0 Å². The second-order valence-electron chi connectivity index (χ2n) is 8.80. The molecule has 0 aliphatic carbocycles. The van der Waals surface area contributed by atoms with Crippen molar-refractivity contribution in [3.05, 3.63) is 95.1 Å². The van der Waals surface area contributed by atoms with Crippen molar-refractivity contribution < 1.29 is 22.8 Å². The van der Waals surface area contributed by atoms with E-state index in [9.17, 15) is 22.8 Å². The van der Waals surface area contributed by atoms with Gasteiger partial charge in [-0.1, -0.05) is 36.4 Å². The molecule has 1 fully saturated rings. The van der Waals surface area contributed by atoms with E-state index in [4.69, 9.17) is 0 Å². The van der Waals surface area contributed by atoms with Crippen LogP contribution in [0.3, 0.4) is 0 Å². The highest BCUT2D eigenvalue weighted by molar-refractivity contribution is 5.97. The van der Waals surface area contributed by atoms with Crippen LogP contribution in [-0.2, 0) is 12.7 Å². The number of hydrogen-bond donors (Lipinski definition) is 2. The molecule has 1 saturated heterocycles. The molecule has 0 unspecified atom stereocenters. The maximum Gasteiger partial charge on any atom is 0.417 e. The Balaban J connectivity index is 1.17. The number of para-hydroxylation sites is 1. The lowest BCUT2D eigenvalue weighted by atomic mass is 10.1. The number of nitrogens with zero attached hydrogens (tertiary/aromatic N) is 3. The third kappa shape index (κ3) is 5.13. The molecule has 10 heteroatoms. The fourth-order valence-corrected chi connectivity index (χ4v) is 4.43. The summed E-state index contributed by atoms with van der Waals surface area (Å²) in [6.07, 6.45) is -4.61. The van der Waals surface area contributed by atoms with Gasteiger partial charge in [0.05, 0.1) is 16.6 Å². The van der Waals surface area contributed by atoms with Crippen LogP contribution in [0.4, 0.5) is 19.0 Å². The molecule has 5 rings (SSSR count). The number of alkyl halides is 3. The summed E-state index contributed by atoms with van der Waals surface area (Å²) in [5.74, 6) is -0.108. The number of halogens is 3. The fourth-order valence-electron chi connectivity index (χ4n) is 4.43. The van der Waals surface area contributed by atoms with Gasteiger partial charge in [0.1, 0.15) is 0 Å². The molecular weight excluding hydrogens is 483 g/mol. The second-order valence-corrected chi connectivity index (χ2v) is 8.80. The standard InChI is InChI=1S/C27H24F3N5O2/c28-27(29,30)22-7-3-1-5-20(22)26(37)35-15-13-34(14-16-35)25(36)19-11-9-18(10-12-19)17-31-24-21-6-2-4-8-23(21)32-33-24/h1-12H,13-17H2,(H2,31,32,33). The fraction of sp³-hybridized carbons (Fsp3) is 0.222. The molecule has 1 aliphatic heterocycles. The number of aromatic nitrogens is 2. The Morgan fingerprint density at radius 1 is 0.838 bits per heavy atom. The Morgan fingerprint density at radius 2 is 1.46 bits per heavy atom. The van der Waals surface area contributed by atoms with Crippen LogP contribution in [0, 0.1) is 0 Å². The minimum atomic E-state index is -4.61. The van der Waals surface area contributed by atoms with E-state index >= 15 is 0 Å². The van der Waals surface area contributed by atoms with E-state index in [0.29, 0.717) is 12.1 Å². The smallest absolute Gasteiger partial charge is 0.364 e. The molecule has 0 radical (unpaired) electrons. The van der Waals surface area contributed by atoms with E-state index in [0.717, 1.165) is 28.4 Å². The Hall–Kier alpha value is -4.34. The summed E-state index contributed by atoms with van der Waals surface area (Å²) in [6, 6.07) is 19.8. The molecular formula is C27H24F3N5O2. The molecule has 0 saturated carbocycles. The summed E-state index contributed by atoms with van der Waals surface area (Å²) in [6.45, 7) is 1.35. The summed E-state index contributed by atoms with van der Waals surface area (Å²) < 4.78 is 39.9. The third-order valence-corrected chi connectivity index (χ3v) is 6.45. The molecule has 37 heavy (non-hydrogen) atoms. The summed E-state index contributed by atoms with van der Waals surface area (Å²) >= 11 is 0. The van der Waals surface area contributed by atoms with Crippen LogP contribution < -0.4 is 5.32 Å². The van der Waals surface area contributed by atoms with E-state index < -0.39 is 17.6 Å². The largest absolute Gasteiger partial charge is 0.417 e. The third-order valence-electron chi connectivity index (χ3n) is 6.45. The van der Waals surface area contributed by atoms with E-state index in [1.165, 1.54) is 23.1 Å². The van der Waals surface area contributed by atoms with Gasteiger partial charge in [0, 0.05) is 43.7 Å². The zero-order chi connectivity index (χ0) is 26.0. The number of amides is 2. The first kappa shape index (κ1) is 24.4. The first-order valence-corrected chi connectivity index (χ1v) is 11.8. The number of carbonyl (C=O) groups excluding carboxylic acids is 2. The zero-order valence-corrected chi connectivity index (χ0v) is 19.8. The van der Waals surface area contributed by atoms with Crippen LogP contribution in [-0.4, -0.2) is 58.0 Å². The van der Waals surface area contributed by atoms with Gasteiger partial charge in [-0.3, -0.25) is 14.7 Å². The first-order valence-electron chi connectivity index (χ1n) is 11.8. The van der Waals surface area contributed by atoms with Crippen LogP contribution in [0.15, 0.2) is 72.8 Å². The molecule has 0 spiro atoms. The van der Waals surface area contributed by atoms with Gasteiger partial charge >= 0.3 is 6.18 Å². The average Bonchev–Trinajstić information content (AvgIpc) is 3.34. The van der Waals surface area contributed by atoms with Crippen LogP contribution in [0.25, 0.3) is 10.9 Å². The number of aromatic amines is 1. The maximum atomic E-state index is 13.3. The number of H-pyrrole nitrogens is 1. The van der Waals surface area contributed by atoms with Gasteiger partial charge in [0.2, 0.25) is 0 Å². The number of fused-ring (bicyclic) bond motifs is 1. The molecule has 2 amide bonds. The summed E-state index contributed by atoms with van der Waals surface area (Å²) in [7, 11) is 0. The predicted molar refractivity (Wildman–Crippen MR) is 133 cm³/mol. The van der Waals surface area contributed by atoms with Gasteiger partial charge in [0.15, 0.2) is 5.82 Å². The Morgan fingerprint density at radius 3 is 2.16 bits per heavy atom. The number of hydrogen-bond acceptors (Lipinski definition) is 4. The predicted octanol–water partition coefficient (Wildman–Crippen LogP) is 4.79. The van der Waals surface area contributed by atoms with Gasteiger partial charge in [-0.2, -0.15) is 18.3 Å². The van der Waals surface area contributed by atoms with Gasteiger partial charge in [0.25, 0.3) is 11.8 Å². The van der Waals surface area contributed by atoms with Gasteiger partial charge in [-0.25, -0.2) is 0 Å². The quantitative estimate of drug-likeness (QED) is 0.407. The molecule has 2 N–H and O–H groups in total. The van der Waals surface area contributed by atoms with Crippen molar-refractivity contribution in [3.63, 3.8) is 0 Å². The number of benzene rings is 3. The molecule has 2 heterocycles. The zero-order valence-electron chi connectivity index (χ0n) is 19.8. The SMILES string of the molecule is O=C(c1ccc(CNc2n[nH]c3ccccc23)cc1)N1CCN(C(=O)c2ccccc2C(F)(F)F)CC1. The maximum absolute atomic E-state index is 13.3. The lowest BCUT2D eigenvalue weighted by Gasteiger charge is -2.35. The topological polar surface area (TPSA) is 81.3 Å². The summed E-state index contributed by atoms with van der Waals surface area (Å²) in [5, 5.41) is 11.6. The van der Waals surface area contributed by atoms with Crippen molar-refractivity contribution in [2.45, 2.75) is 12.7 Å². The highest BCUT2D eigenvalue weighted by Gasteiger charge is 2.36. The van der Waals surface area contributed by atoms with E-state index in [2.05, 4.69) is 15.5 Å². The number of nitrogens with one attached hydrogen (secondary N) is 2. The highest BCUT2D eigenvalue weighted by Crippen LogP contribution is 2.32. The van der Waals surface area contributed by atoms with Gasteiger partial charge in [-0.05, 0) is 42.0 Å². The van der Waals surface area contributed by atoms with Gasteiger partial charge in [-0.15, -0.1) is 0 Å². The molecule has 0 atom stereocenters. The van der Waals surface area contributed by atoms with Crippen molar-refractivity contribution in [2.75, 3.05) is 31.5 Å². The number of rotatable bonds is 5. The molecule has 4 aromatic rings. The van der Waals surface area contributed by atoms with Crippen molar-refractivity contribution in [2.24, 2.45) is 0 Å². The first-order chi connectivity index (χ1) is 17.8. The lowest BCUT2D eigenvalue weighted by molar-refractivity contribution is -0.138. The Labute approximate surface area is 210 Å². The Bertz CT molecular complexity index is 1420. The molecule has 7 nitrogen and oxygen atoms in total. The second kappa shape index (κ2) is 9.96. The minimum Gasteiger partial charge on any atom is -0.364 e. The van der Waals surface area contributed by atoms with E-state index in [-0.39, 0.29) is 37.6 Å². The monoisotopic (exact) mass is 507 g/mol. The van der Waals surface area contributed by atoms with E-state index in [1.54, 1.807) is 17.0 Å². The van der Waals surface area contributed by atoms with Crippen LogP contribution >= 0.6 is 0 Å². The molecule has 0 bridgehead atoms. The lowest BCUT2D eigenvalue weighted by Crippen LogP contribution is -2.50. The van der Waals surface area contributed by atoms with Crippen LogP contribution in [0.5, 0.6) is 0 Å². The van der Waals surface area contributed by atoms with Crippen molar-refractivity contribution in [1.29, 1.82) is 0 Å². The number of anilines is 1. The molecule has 3 aromatic carbocycles. The van der Waals surface area contributed by atoms with Crippen molar-refractivity contribution >= 4 is 28.5 Å². The van der Waals surface area contributed by atoms with Crippen LogP contribution in [0.2, 0.25) is 0 Å². The minimum absolute atomic E-state index is 0.163. The number of piperazine rings is 1. The number of carbonyl (C=O) groups is 2. The molecule has 190 valence electrons. The van der Waals surface area contributed by atoms with Gasteiger partial charge < -0.3 is 15.1 Å². The van der Waals surface area contributed by atoms with Crippen molar-refractivity contribution in [1.82, 2.24) is 20.0 Å². The Kier molecular flexibility index (Phi) is 6.56. The van der Waals surface area contributed by atoms with Crippen LogP contribution in [0.1, 0.15) is 31.8 Å². The normalized spacial score (nSPS) is 14.1. The molecule has 1 aromatic heterocycles. The molecule has 1 aliphatic rings. The summed E-state index contributed by atoms with van der Waals surface area (Å²) in [5.41, 5.74) is 1.10. The average molecular weight is 508 g/mol.